The van der Waals surface area contributed by atoms with Crippen LogP contribution in [-0.2, 0) is 0 Å². The van der Waals surface area contributed by atoms with Gasteiger partial charge in [0.2, 0.25) is 0 Å². The minimum atomic E-state index is -0.263. The summed E-state index contributed by atoms with van der Waals surface area (Å²) in [4.78, 5) is 33.0. The second-order valence-electron chi connectivity index (χ2n) is 6.58. The fraction of sp³-hybridized carbons (Fsp3) is 0.286. The quantitative estimate of drug-likeness (QED) is 0.827. The van der Waals surface area contributed by atoms with E-state index in [4.69, 9.17) is 0 Å². The number of aryl methyl sites for hydroxylation is 1. The van der Waals surface area contributed by atoms with Gasteiger partial charge in [-0.25, -0.2) is 0 Å². The number of piperazine rings is 1. The summed E-state index contributed by atoms with van der Waals surface area (Å²) in [5.74, 6) is -0.355. The minimum Gasteiger partial charge on any atom is -0.368 e. The van der Waals surface area contributed by atoms with E-state index in [-0.39, 0.29) is 11.8 Å². The van der Waals surface area contributed by atoms with Gasteiger partial charge in [0, 0.05) is 50.8 Å². The molecule has 0 saturated carbocycles. The normalized spacial score (nSPS) is 14.0. The number of benzene rings is 1. The van der Waals surface area contributed by atoms with Crippen molar-refractivity contribution in [3.63, 3.8) is 0 Å². The lowest BCUT2D eigenvalue weighted by molar-refractivity contribution is 0.0746. The monoisotopic (exact) mass is 364 g/mol. The molecule has 1 aromatic carbocycles. The highest BCUT2D eigenvalue weighted by Crippen LogP contribution is 2.18. The van der Waals surface area contributed by atoms with Gasteiger partial charge in [-0.1, -0.05) is 18.2 Å². The number of nitrogens with zero attached hydrogens (tertiary/aromatic N) is 3. The smallest absolute Gasteiger partial charge is 0.255 e. The first kappa shape index (κ1) is 18.6. The molecule has 1 fully saturated rings. The largest absolute Gasteiger partial charge is 0.368 e. The average Bonchev–Trinajstić information content (AvgIpc) is 2.71. The Hall–Kier alpha value is -3.15. The van der Waals surface area contributed by atoms with Crippen LogP contribution in [0.2, 0.25) is 0 Å². The van der Waals surface area contributed by atoms with Crippen molar-refractivity contribution in [3.05, 3.63) is 72.1 Å². The molecule has 2 heterocycles. The molecule has 0 atom stereocenters. The number of hydrogen-bond donors (Lipinski definition) is 1. The fourth-order valence-corrected chi connectivity index (χ4v) is 3.12. The predicted octanol–water partition coefficient (Wildman–Crippen LogP) is 2.27. The van der Waals surface area contributed by atoms with Crippen LogP contribution in [0.4, 0.5) is 5.69 Å². The lowest BCUT2D eigenvalue weighted by Crippen LogP contribution is -2.48. The van der Waals surface area contributed by atoms with E-state index in [1.54, 1.807) is 12.1 Å². The third kappa shape index (κ3) is 4.53. The zero-order chi connectivity index (χ0) is 19.2. The summed E-state index contributed by atoms with van der Waals surface area (Å²) in [5.41, 5.74) is 3.22. The van der Waals surface area contributed by atoms with Crippen molar-refractivity contribution >= 4 is 17.5 Å². The molecule has 2 amide bonds. The Morgan fingerprint density at radius 1 is 1.15 bits per heavy atom. The Labute approximate surface area is 159 Å². The van der Waals surface area contributed by atoms with Crippen LogP contribution in [0.25, 0.3) is 0 Å². The van der Waals surface area contributed by atoms with Gasteiger partial charge in [0.15, 0.2) is 0 Å². The summed E-state index contributed by atoms with van der Waals surface area (Å²) in [7, 11) is 0. The first-order valence-corrected chi connectivity index (χ1v) is 9.03. The Morgan fingerprint density at radius 3 is 2.59 bits per heavy atom. The molecule has 0 unspecified atom stereocenters. The maximum Gasteiger partial charge on any atom is 0.255 e. The van der Waals surface area contributed by atoms with E-state index in [1.165, 1.54) is 23.6 Å². The first-order valence-electron chi connectivity index (χ1n) is 9.03. The molecule has 0 bridgehead atoms. The maximum absolute atomic E-state index is 12.8. The SMILES string of the molecule is C=CCNC(=O)c1cncc(C(=O)N2CCN(c3cccc(C)c3)CC2)c1. The van der Waals surface area contributed by atoms with Gasteiger partial charge < -0.3 is 15.1 Å². The molecular weight excluding hydrogens is 340 g/mol. The van der Waals surface area contributed by atoms with Crippen LogP contribution in [0.15, 0.2) is 55.4 Å². The van der Waals surface area contributed by atoms with Crippen LogP contribution >= 0.6 is 0 Å². The van der Waals surface area contributed by atoms with Gasteiger partial charge in [0.1, 0.15) is 0 Å². The molecular formula is C21H24N4O2. The average molecular weight is 364 g/mol. The Kier molecular flexibility index (Phi) is 5.86. The van der Waals surface area contributed by atoms with E-state index in [2.05, 4.69) is 53.0 Å². The van der Waals surface area contributed by atoms with Crippen LogP contribution in [0, 0.1) is 6.92 Å². The molecule has 1 aliphatic rings. The summed E-state index contributed by atoms with van der Waals surface area (Å²) in [6.07, 6.45) is 4.58. The molecule has 0 spiro atoms. The number of amides is 2. The molecule has 1 saturated heterocycles. The van der Waals surface area contributed by atoms with Gasteiger partial charge >= 0.3 is 0 Å². The molecule has 0 radical (unpaired) electrons. The minimum absolute atomic E-state index is 0.0928. The van der Waals surface area contributed by atoms with Crippen LogP contribution in [0.3, 0.4) is 0 Å². The van der Waals surface area contributed by atoms with Crippen molar-refractivity contribution in [1.29, 1.82) is 0 Å². The number of rotatable bonds is 5. The first-order chi connectivity index (χ1) is 13.1. The van der Waals surface area contributed by atoms with Crippen molar-refractivity contribution in [3.8, 4) is 0 Å². The molecule has 6 heteroatoms. The maximum atomic E-state index is 12.8. The van der Waals surface area contributed by atoms with Gasteiger partial charge in [0.25, 0.3) is 11.8 Å². The van der Waals surface area contributed by atoms with Gasteiger partial charge in [-0.3, -0.25) is 14.6 Å². The summed E-state index contributed by atoms with van der Waals surface area (Å²) < 4.78 is 0. The Bertz CT molecular complexity index is 842. The number of pyridine rings is 1. The zero-order valence-corrected chi connectivity index (χ0v) is 15.5. The van der Waals surface area contributed by atoms with E-state index in [0.29, 0.717) is 30.8 Å². The molecule has 140 valence electrons. The van der Waals surface area contributed by atoms with E-state index in [9.17, 15) is 9.59 Å². The molecule has 1 N–H and O–H groups in total. The lowest BCUT2D eigenvalue weighted by atomic mass is 10.1. The lowest BCUT2D eigenvalue weighted by Gasteiger charge is -2.36. The number of anilines is 1. The Balaban J connectivity index is 1.64. The van der Waals surface area contributed by atoms with Crippen molar-refractivity contribution in [2.24, 2.45) is 0 Å². The van der Waals surface area contributed by atoms with Crippen molar-refractivity contribution in [1.82, 2.24) is 15.2 Å². The van der Waals surface area contributed by atoms with Crippen molar-refractivity contribution in [2.45, 2.75) is 6.92 Å². The number of carbonyl (C=O) groups is 2. The van der Waals surface area contributed by atoms with Crippen LogP contribution in [0.1, 0.15) is 26.3 Å². The molecule has 1 aromatic heterocycles. The summed E-state index contributed by atoms with van der Waals surface area (Å²) in [6, 6.07) is 9.98. The number of hydrogen-bond acceptors (Lipinski definition) is 4. The van der Waals surface area contributed by atoms with Crippen molar-refractivity contribution in [2.75, 3.05) is 37.6 Å². The molecule has 0 aliphatic carbocycles. The second kappa shape index (κ2) is 8.49. The molecule has 2 aromatic rings. The molecule has 27 heavy (non-hydrogen) atoms. The van der Waals surface area contributed by atoms with E-state index in [1.807, 2.05) is 4.90 Å². The Morgan fingerprint density at radius 2 is 1.89 bits per heavy atom. The molecule has 6 nitrogen and oxygen atoms in total. The third-order valence-corrected chi connectivity index (χ3v) is 4.59. The van der Waals surface area contributed by atoms with Crippen LogP contribution in [0.5, 0.6) is 0 Å². The van der Waals surface area contributed by atoms with Gasteiger partial charge in [0.05, 0.1) is 11.1 Å². The highest BCUT2D eigenvalue weighted by molar-refractivity contribution is 5.99. The van der Waals surface area contributed by atoms with Crippen LogP contribution in [-0.4, -0.2) is 54.4 Å². The zero-order valence-electron chi connectivity index (χ0n) is 15.5. The molecule has 1 aliphatic heterocycles. The van der Waals surface area contributed by atoms with E-state index >= 15 is 0 Å². The highest BCUT2D eigenvalue weighted by Gasteiger charge is 2.23. The summed E-state index contributed by atoms with van der Waals surface area (Å²) >= 11 is 0. The van der Waals surface area contributed by atoms with Gasteiger partial charge in [-0.2, -0.15) is 0 Å². The standard InChI is InChI=1S/C21H24N4O2/c1-3-7-23-20(26)17-13-18(15-22-14-17)21(27)25-10-8-24(9-11-25)19-6-4-5-16(2)12-19/h3-6,12-15H,1,7-11H2,2H3,(H,23,26). The number of aromatic nitrogens is 1. The number of carbonyl (C=O) groups excluding carboxylic acids is 2. The van der Waals surface area contributed by atoms with Crippen LogP contribution < -0.4 is 10.2 Å². The summed E-state index contributed by atoms with van der Waals surface area (Å²) in [5, 5.41) is 2.69. The topological polar surface area (TPSA) is 65.5 Å². The van der Waals surface area contributed by atoms with Gasteiger partial charge in [-0.05, 0) is 30.7 Å². The number of nitrogens with one attached hydrogen (secondary N) is 1. The van der Waals surface area contributed by atoms with Crippen molar-refractivity contribution < 1.29 is 9.59 Å². The second-order valence-corrected chi connectivity index (χ2v) is 6.58. The molecule has 3 rings (SSSR count). The van der Waals surface area contributed by atoms with E-state index in [0.717, 1.165) is 13.1 Å². The fourth-order valence-electron chi connectivity index (χ4n) is 3.12. The van der Waals surface area contributed by atoms with E-state index < -0.39 is 0 Å². The van der Waals surface area contributed by atoms with Gasteiger partial charge in [-0.15, -0.1) is 6.58 Å². The summed E-state index contributed by atoms with van der Waals surface area (Å²) in [6.45, 7) is 8.86. The predicted molar refractivity (Wildman–Crippen MR) is 106 cm³/mol. The third-order valence-electron chi connectivity index (χ3n) is 4.59. The highest BCUT2D eigenvalue weighted by atomic mass is 16.2.